The third kappa shape index (κ3) is 1.24. The molecule has 1 saturated carbocycles. The number of carboxylic acid groups (broad SMARTS) is 1. The molecular weight excluding hydrogens is 156 g/mol. The molecule has 0 amide bonds. The van der Waals surface area contributed by atoms with Crippen molar-refractivity contribution in [2.24, 2.45) is 17.3 Å². The van der Waals surface area contributed by atoms with Gasteiger partial charge in [-0.3, -0.25) is 4.79 Å². The predicted molar refractivity (Wildman–Crippen MR) is 43.7 cm³/mol. The van der Waals surface area contributed by atoms with Crippen molar-refractivity contribution in [3.05, 3.63) is 0 Å². The Labute approximate surface area is 71.8 Å². The minimum absolute atomic E-state index is 0.202. The van der Waals surface area contributed by atoms with Crippen LogP contribution in [0.2, 0.25) is 0 Å². The normalized spacial score (nSPS) is 32.2. The minimum Gasteiger partial charge on any atom is -0.481 e. The van der Waals surface area contributed by atoms with E-state index >= 15 is 0 Å². The summed E-state index contributed by atoms with van der Waals surface area (Å²) in [5, 5.41) is 8.77. The van der Waals surface area contributed by atoms with Crippen LogP contribution in [-0.4, -0.2) is 17.4 Å². The molecule has 1 fully saturated rings. The molecule has 0 bridgehead atoms. The summed E-state index contributed by atoms with van der Waals surface area (Å²) in [6.45, 7) is 3.84. The zero-order valence-electron chi connectivity index (χ0n) is 7.41. The fraction of sp³-hybridized carbons (Fsp3) is 0.778. The summed E-state index contributed by atoms with van der Waals surface area (Å²) < 4.78 is 0. The molecular formula is C9H14O3. The van der Waals surface area contributed by atoms with Crippen molar-refractivity contribution in [3.8, 4) is 0 Å². The number of aldehydes is 1. The summed E-state index contributed by atoms with van der Waals surface area (Å²) >= 11 is 0. The van der Waals surface area contributed by atoms with E-state index in [0.717, 1.165) is 6.29 Å². The number of carboxylic acids is 1. The molecule has 1 aliphatic rings. The van der Waals surface area contributed by atoms with Gasteiger partial charge in [0.2, 0.25) is 0 Å². The van der Waals surface area contributed by atoms with Gasteiger partial charge >= 0.3 is 5.97 Å². The number of carbonyl (C=O) groups is 2. The summed E-state index contributed by atoms with van der Waals surface area (Å²) in [5.41, 5.74) is -0.202. The third-order valence-electron chi connectivity index (χ3n) is 3.15. The summed E-state index contributed by atoms with van der Waals surface area (Å²) in [4.78, 5) is 20.9. The topological polar surface area (TPSA) is 54.4 Å². The molecule has 0 aromatic rings. The highest BCUT2D eigenvalue weighted by Crippen LogP contribution is 2.52. The first-order valence-electron chi connectivity index (χ1n) is 4.16. The maximum atomic E-state index is 10.7. The average molecular weight is 170 g/mol. The van der Waals surface area contributed by atoms with Gasteiger partial charge in [0.1, 0.15) is 6.29 Å². The Morgan fingerprint density at radius 1 is 1.67 bits per heavy atom. The van der Waals surface area contributed by atoms with Gasteiger partial charge in [0.25, 0.3) is 0 Å². The van der Waals surface area contributed by atoms with E-state index in [4.69, 9.17) is 5.11 Å². The molecule has 0 aliphatic heterocycles. The zero-order chi connectivity index (χ0) is 9.35. The van der Waals surface area contributed by atoms with Gasteiger partial charge in [-0.05, 0) is 17.8 Å². The van der Waals surface area contributed by atoms with Crippen molar-refractivity contribution in [3.63, 3.8) is 0 Å². The van der Waals surface area contributed by atoms with Crippen LogP contribution in [0.4, 0.5) is 0 Å². The Balaban J connectivity index is 2.59. The summed E-state index contributed by atoms with van der Waals surface area (Å²) in [6, 6.07) is 0. The van der Waals surface area contributed by atoms with Gasteiger partial charge in [0, 0.05) is 6.42 Å². The second kappa shape index (κ2) is 2.88. The lowest BCUT2D eigenvalue weighted by Gasteiger charge is -2.49. The molecule has 12 heavy (non-hydrogen) atoms. The Morgan fingerprint density at radius 3 is 2.58 bits per heavy atom. The number of hydrogen-bond acceptors (Lipinski definition) is 2. The smallest absolute Gasteiger partial charge is 0.307 e. The van der Waals surface area contributed by atoms with Crippen LogP contribution in [0.5, 0.6) is 0 Å². The molecule has 68 valence electrons. The van der Waals surface area contributed by atoms with Gasteiger partial charge in [-0.15, -0.1) is 0 Å². The molecule has 1 aliphatic carbocycles. The average Bonchev–Trinajstić information content (AvgIpc) is 1.96. The largest absolute Gasteiger partial charge is 0.481 e. The van der Waals surface area contributed by atoms with Crippen LogP contribution in [-0.2, 0) is 9.59 Å². The van der Waals surface area contributed by atoms with E-state index in [0.29, 0.717) is 12.8 Å². The number of aliphatic carboxylic acids is 1. The molecule has 2 unspecified atom stereocenters. The van der Waals surface area contributed by atoms with Crippen LogP contribution in [0.3, 0.4) is 0 Å². The fourth-order valence-corrected chi connectivity index (χ4v) is 1.95. The fourth-order valence-electron chi connectivity index (χ4n) is 1.95. The first kappa shape index (κ1) is 9.23. The summed E-state index contributed by atoms with van der Waals surface area (Å²) in [5.74, 6) is -0.735. The van der Waals surface area contributed by atoms with Gasteiger partial charge in [-0.2, -0.15) is 0 Å². The third-order valence-corrected chi connectivity index (χ3v) is 3.15. The maximum absolute atomic E-state index is 10.7. The van der Waals surface area contributed by atoms with Crippen molar-refractivity contribution in [2.75, 3.05) is 0 Å². The molecule has 0 aromatic heterocycles. The first-order valence-corrected chi connectivity index (χ1v) is 4.16. The quantitative estimate of drug-likeness (QED) is 0.650. The molecule has 0 spiro atoms. The molecule has 0 radical (unpaired) electrons. The van der Waals surface area contributed by atoms with Crippen molar-refractivity contribution in [1.29, 1.82) is 0 Å². The van der Waals surface area contributed by atoms with Crippen molar-refractivity contribution < 1.29 is 14.7 Å². The van der Waals surface area contributed by atoms with Gasteiger partial charge in [0.15, 0.2) is 0 Å². The number of carbonyl (C=O) groups excluding carboxylic acids is 1. The number of rotatable bonds is 3. The molecule has 3 heteroatoms. The molecule has 1 rings (SSSR count). The lowest BCUT2D eigenvalue weighted by atomic mass is 9.54. The molecule has 0 saturated heterocycles. The molecule has 0 aromatic carbocycles. The highest BCUT2D eigenvalue weighted by molar-refractivity contribution is 5.72. The van der Waals surface area contributed by atoms with Crippen LogP contribution < -0.4 is 0 Å². The van der Waals surface area contributed by atoms with Gasteiger partial charge < -0.3 is 9.90 Å². The molecule has 3 nitrogen and oxygen atoms in total. The minimum atomic E-state index is -0.734. The first-order chi connectivity index (χ1) is 5.50. The van der Waals surface area contributed by atoms with E-state index in [-0.39, 0.29) is 17.3 Å². The van der Waals surface area contributed by atoms with Crippen molar-refractivity contribution in [1.82, 2.24) is 0 Å². The Hall–Kier alpha value is -0.860. The Bertz CT molecular complexity index is 208. The van der Waals surface area contributed by atoms with Crippen LogP contribution in [0, 0.1) is 17.3 Å². The van der Waals surface area contributed by atoms with E-state index in [1.54, 1.807) is 0 Å². The van der Waals surface area contributed by atoms with E-state index in [1.165, 1.54) is 0 Å². The Morgan fingerprint density at radius 2 is 2.25 bits per heavy atom. The van der Waals surface area contributed by atoms with Gasteiger partial charge in [-0.25, -0.2) is 0 Å². The van der Waals surface area contributed by atoms with E-state index in [9.17, 15) is 9.59 Å². The van der Waals surface area contributed by atoms with E-state index in [1.807, 2.05) is 13.8 Å². The van der Waals surface area contributed by atoms with E-state index < -0.39 is 5.97 Å². The standard InChI is InChI=1S/C9H14O3/c1-9(2)6(3-4-10)5-7(9)8(11)12/h4,6-7H,3,5H2,1-2H3,(H,11,12). The van der Waals surface area contributed by atoms with E-state index in [2.05, 4.69) is 0 Å². The van der Waals surface area contributed by atoms with Crippen molar-refractivity contribution in [2.45, 2.75) is 26.7 Å². The van der Waals surface area contributed by atoms with Gasteiger partial charge in [-0.1, -0.05) is 13.8 Å². The molecule has 2 atom stereocenters. The van der Waals surface area contributed by atoms with Crippen LogP contribution in [0.15, 0.2) is 0 Å². The maximum Gasteiger partial charge on any atom is 0.307 e. The van der Waals surface area contributed by atoms with Crippen LogP contribution >= 0.6 is 0 Å². The Kier molecular flexibility index (Phi) is 2.22. The number of hydrogen-bond donors (Lipinski definition) is 1. The monoisotopic (exact) mass is 170 g/mol. The summed E-state index contributed by atoms with van der Waals surface area (Å²) in [6.07, 6.45) is 2.03. The highest BCUT2D eigenvalue weighted by atomic mass is 16.4. The van der Waals surface area contributed by atoms with Crippen molar-refractivity contribution >= 4 is 12.3 Å². The lowest BCUT2D eigenvalue weighted by Crippen LogP contribution is -2.48. The summed E-state index contributed by atoms with van der Waals surface area (Å²) in [7, 11) is 0. The second-order valence-electron chi connectivity index (χ2n) is 4.05. The SMILES string of the molecule is CC1(C)C(CC=O)CC1C(=O)O. The molecule has 0 heterocycles. The second-order valence-corrected chi connectivity index (χ2v) is 4.05. The van der Waals surface area contributed by atoms with Crippen LogP contribution in [0.1, 0.15) is 26.7 Å². The lowest BCUT2D eigenvalue weighted by molar-refractivity contribution is -0.159. The van der Waals surface area contributed by atoms with Gasteiger partial charge in [0.05, 0.1) is 5.92 Å². The highest BCUT2D eigenvalue weighted by Gasteiger charge is 2.51. The zero-order valence-corrected chi connectivity index (χ0v) is 7.41. The van der Waals surface area contributed by atoms with Crippen LogP contribution in [0.25, 0.3) is 0 Å². The molecule has 1 N–H and O–H groups in total. The predicted octanol–water partition coefficient (Wildman–Crippen LogP) is 1.32.